The van der Waals surface area contributed by atoms with Crippen LogP contribution in [0, 0.1) is 0 Å². The Balaban J connectivity index is 1.70. The van der Waals surface area contributed by atoms with Gasteiger partial charge in [0.1, 0.15) is 0 Å². The molecular formula is C18H15N3O. The molecule has 108 valence electrons. The predicted octanol–water partition coefficient (Wildman–Crippen LogP) is 3.10. The third-order valence-electron chi connectivity index (χ3n) is 4.05. The Bertz CT molecular complexity index is 809. The van der Waals surface area contributed by atoms with Gasteiger partial charge in [-0.15, -0.1) is 0 Å². The molecule has 0 aliphatic carbocycles. The van der Waals surface area contributed by atoms with E-state index in [-0.39, 0.29) is 11.9 Å². The van der Waals surface area contributed by atoms with E-state index >= 15 is 0 Å². The first kappa shape index (κ1) is 12.8. The number of benzene rings is 1. The molecule has 22 heavy (non-hydrogen) atoms. The van der Waals surface area contributed by atoms with Gasteiger partial charge in [0.15, 0.2) is 0 Å². The molecule has 4 heteroatoms. The quantitative estimate of drug-likeness (QED) is 0.761. The normalized spacial score (nSPS) is 16.9. The highest BCUT2D eigenvalue weighted by Crippen LogP contribution is 2.29. The zero-order valence-corrected chi connectivity index (χ0v) is 11.9. The summed E-state index contributed by atoms with van der Waals surface area (Å²) in [5.74, 6) is -0.0216. The minimum Gasteiger partial charge on any atom is -0.358 e. The lowest BCUT2D eigenvalue weighted by atomic mass is 9.96. The van der Waals surface area contributed by atoms with Crippen LogP contribution in [0.15, 0.2) is 60.9 Å². The highest BCUT2D eigenvalue weighted by atomic mass is 16.1. The van der Waals surface area contributed by atoms with Crippen molar-refractivity contribution >= 4 is 5.91 Å². The van der Waals surface area contributed by atoms with Gasteiger partial charge in [0.2, 0.25) is 0 Å². The molecule has 4 rings (SSSR count). The fourth-order valence-corrected chi connectivity index (χ4v) is 2.93. The summed E-state index contributed by atoms with van der Waals surface area (Å²) >= 11 is 0. The van der Waals surface area contributed by atoms with E-state index in [1.807, 2.05) is 48.5 Å². The molecule has 0 saturated carbocycles. The van der Waals surface area contributed by atoms with Gasteiger partial charge < -0.3 is 10.3 Å². The Hall–Kier alpha value is -2.88. The molecule has 2 N–H and O–H groups in total. The van der Waals surface area contributed by atoms with E-state index in [9.17, 15) is 4.79 Å². The standard InChI is InChI=1S/C18H15N3O/c22-18-14-10-15(13-6-8-19-9-7-13)20-17(14)11-16(21-18)12-4-2-1-3-5-12/h1-10,16,20H,11H2,(H,21,22)/t16-/m0/s1. The summed E-state index contributed by atoms with van der Waals surface area (Å²) in [7, 11) is 0. The molecule has 0 unspecified atom stereocenters. The van der Waals surface area contributed by atoms with Gasteiger partial charge in [-0.25, -0.2) is 0 Å². The van der Waals surface area contributed by atoms with E-state index in [4.69, 9.17) is 0 Å². The first-order chi connectivity index (χ1) is 10.8. The molecule has 1 aliphatic heterocycles. The topological polar surface area (TPSA) is 57.8 Å². The van der Waals surface area contributed by atoms with Crippen LogP contribution in [0.5, 0.6) is 0 Å². The minimum absolute atomic E-state index is 0.0186. The van der Waals surface area contributed by atoms with Gasteiger partial charge in [0.25, 0.3) is 5.91 Å². The van der Waals surface area contributed by atoms with E-state index in [1.165, 1.54) is 0 Å². The average molecular weight is 289 g/mol. The monoisotopic (exact) mass is 289 g/mol. The lowest BCUT2D eigenvalue weighted by molar-refractivity contribution is 0.0925. The summed E-state index contributed by atoms with van der Waals surface area (Å²) < 4.78 is 0. The van der Waals surface area contributed by atoms with Crippen molar-refractivity contribution in [2.24, 2.45) is 0 Å². The maximum Gasteiger partial charge on any atom is 0.253 e. The van der Waals surface area contributed by atoms with Crippen LogP contribution >= 0.6 is 0 Å². The number of rotatable bonds is 2. The summed E-state index contributed by atoms with van der Waals surface area (Å²) in [5, 5.41) is 3.08. The highest BCUT2D eigenvalue weighted by Gasteiger charge is 2.27. The Morgan fingerprint density at radius 2 is 1.82 bits per heavy atom. The van der Waals surface area contributed by atoms with Crippen LogP contribution in [0.1, 0.15) is 27.7 Å². The van der Waals surface area contributed by atoms with Crippen molar-refractivity contribution in [1.82, 2.24) is 15.3 Å². The number of pyridine rings is 1. The predicted molar refractivity (Wildman–Crippen MR) is 84.4 cm³/mol. The fraction of sp³-hybridized carbons (Fsp3) is 0.111. The maximum absolute atomic E-state index is 12.4. The number of carbonyl (C=O) groups excluding carboxylic acids is 1. The van der Waals surface area contributed by atoms with E-state index in [0.29, 0.717) is 0 Å². The van der Waals surface area contributed by atoms with Crippen molar-refractivity contribution in [3.05, 3.63) is 77.7 Å². The molecule has 0 saturated heterocycles. The molecule has 0 bridgehead atoms. The second-order valence-corrected chi connectivity index (χ2v) is 5.45. The summed E-state index contributed by atoms with van der Waals surface area (Å²) in [6.07, 6.45) is 4.28. The van der Waals surface area contributed by atoms with Crippen LogP contribution in [0.2, 0.25) is 0 Å². The number of aromatic amines is 1. The van der Waals surface area contributed by atoms with Gasteiger partial charge in [0, 0.05) is 35.8 Å². The van der Waals surface area contributed by atoms with E-state index in [2.05, 4.69) is 15.3 Å². The number of hydrogen-bond donors (Lipinski definition) is 2. The van der Waals surface area contributed by atoms with Crippen molar-refractivity contribution in [3.63, 3.8) is 0 Å². The summed E-state index contributed by atoms with van der Waals surface area (Å²) in [4.78, 5) is 19.8. The van der Waals surface area contributed by atoms with E-state index in [0.717, 1.165) is 34.5 Å². The number of carbonyl (C=O) groups is 1. The SMILES string of the molecule is O=C1N[C@H](c2ccccc2)Cc2[nH]c(-c3ccncc3)cc21. The Morgan fingerprint density at radius 1 is 1.05 bits per heavy atom. The van der Waals surface area contributed by atoms with Crippen molar-refractivity contribution in [2.45, 2.75) is 12.5 Å². The lowest BCUT2D eigenvalue weighted by Crippen LogP contribution is -2.34. The van der Waals surface area contributed by atoms with Gasteiger partial charge in [-0.1, -0.05) is 30.3 Å². The molecule has 1 amide bonds. The zero-order chi connectivity index (χ0) is 14.9. The summed E-state index contributed by atoms with van der Waals surface area (Å²) in [5.41, 5.74) is 4.84. The van der Waals surface area contributed by atoms with Crippen molar-refractivity contribution in [1.29, 1.82) is 0 Å². The summed E-state index contributed by atoms with van der Waals surface area (Å²) in [6, 6.07) is 15.9. The third kappa shape index (κ3) is 2.19. The van der Waals surface area contributed by atoms with Gasteiger partial charge in [0.05, 0.1) is 11.6 Å². The van der Waals surface area contributed by atoms with Crippen molar-refractivity contribution in [3.8, 4) is 11.3 Å². The molecule has 3 heterocycles. The Morgan fingerprint density at radius 3 is 2.59 bits per heavy atom. The molecular weight excluding hydrogens is 274 g/mol. The zero-order valence-electron chi connectivity index (χ0n) is 11.9. The second kappa shape index (κ2) is 5.15. The van der Waals surface area contributed by atoms with Crippen LogP contribution in [0.3, 0.4) is 0 Å². The molecule has 1 aliphatic rings. The number of aromatic nitrogens is 2. The van der Waals surface area contributed by atoms with Gasteiger partial charge in [-0.3, -0.25) is 9.78 Å². The number of H-pyrrole nitrogens is 1. The fourth-order valence-electron chi connectivity index (χ4n) is 2.93. The molecule has 1 aromatic carbocycles. The second-order valence-electron chi connectivity index (χ2n) is 5.45. The molecule has 0 radical (unpaired) electrons. The summed E-state index contributed by atoms with van der Waals surface area (Å²) in [6.45, 7) is 0. The number of nitrogens with zero attached hydrogens (tertiary/aromatic N) is 1. The number of fused-ring (bicyclic) bond motifs is 1. The van der Waals surface area contributed by atoms with Crippen LogP contribution in [0.4, 0.5) is 0 Å². The van der Waals surface area contributed by atoms with Gasteiger partial charge in [-0.2, -0.15) is 0 Å². The number of amides is 1. The van der Waals surface area contributed by atoms with Crippen LogP contribution in [-0.2, 0) is 6.42 Å². The highest BCUT2D eigenvalue weighted by molar-refractivity contribution is 5.98. The largest absolute Gasteiger partial charge is 0.358 e. The van der Waals surface area contributed by atoms with Crippen molar-refractivity contribution < 1.29 is 4.79 Å². The number of hydrogen-bond acceptors (Lipinski definition) is 2. The number of nitrogens with one attached hydrogen (secondary N) is 2. The molecule has 1 atom stereocenters. The first-order valence-electron chi connectivity index (χ1n) is 7.29. The van der Waals surface area contributed by atoms with Crippen LogP contribution < -0.4 is 5.32 Å². The smallest absolute Gasteiger partial charge is 0.253 e. The lowest BCUT2D eigenvalue weighted by Gasteiger charge is -2.23. The average Bonchev–Trinajstić information content (AvgIpc) is 3.01. The maximum atomic E-state index is 12.4. The molecule has 0 fully saturated rings. The Labute approximate surface area is 128 Å². The molecule has 4 nitrogen and oxygen atoms in total. The first-order valence-corrected chi connectivity index (χ1v) is 7.29. The van der Waals surface area contributed by atoms with Crippen LogP contribution in [-0.4, -0.2) is 15.9 Å². The van der Waals surface area contributed by atoms with Crippen LogP contribution in [0.25, 0.3) is 11.3 Å². The van der Waals surface area contributed by atoms with Gasteiger partial charge in [-0.05, 0) is 23.8 Å². The van der Waals surface area contributed by atoms with E-state index < -0.39 is 0 Å². The van der Waals surface area contributed by atoms with Crippen molar-refractivity contribution in [2.75, 3.05) is 0 Å². The van der Waals surface area contributed by atoms with E-state index in [1.54, 1.807) is 12.4 Å². The molecule has 2 aromatic heterocycles. The minimum atomic E-state index is -0.0216. The van der Waals surface area contributed by atoms with Gasteiger partial charge >= 0.3 is 0 Å². The Kier molecular flexibility index (Phi) is 3.00. The molecule has 0 spiro atoms. The third-order valence-corrected chi connectivity index (χ3v) is 4.05. The molecule has 3 aromatic rings.